The number of carbonyl (C=O) groups excluding carboxylic acids is 2. The van der Waals surface area contributed by atoms with Crippen LogP contribution in [0.5, 0.6) is 0 Å². The number of H-pyrrole nitrogens is 1. The smallest absolute Gasteiger partial charge is 0.358 e. The van der Waals surface area contributed by atoms with Crippen LogP contribution < -0.4 is 17.0 Å². The third-order valence-corrected chi connectivity index (χ3v) is 12.8. The van der Waals surface area contributed by atoms with Crippen LogP contribution in [-0.4, -0.2) is 97.9 Å². The van der Waals surface area contributed by atoms with Gasteiger partial charge in [-0.05, 0) is 62.3 Å². The van der Waals surface area contributed by atoms with Crippen molar-refractivity contribution in [1.82, 2.24) is 49.0 Å². The molecule has 0 aromatic carbocycles. The molecule has 7 rings (SSSR count). The summed E-state index contributed by atoms with van der Waals surface area (Å²) in [5, 5.41) is 0. The summed E-state index contributed by atoms with van der Waals surface area (Å²) in [4.78, 5) is 66.3. The minimum Gasteiger partial charge on any atom is -0.464 e. The molecule has 5 N–H and O–H groups in total. The highest BCUT2D eigenvalue weighted by atomic mass is 28.3. The van der Waals surface area contributed by atoms with Gasteiger partial charge in [0.15, 0.2) is 22.5 Å². The van der Waals surface area contributed by atoms with Crippen LogP contribution in [-0.2, 0) is 32.5 Å². The molecule has 61 heavy (non-hydrogen) atoms. The van der Waals surface area contributed by atoms with E-state index in [1.165, 1.54) is 13.4 Å². The number of imidazole rings is 2. The molecule has 322 valence electrons. The molecule has 0 aliphatic rings. The number of nitrogens with two attached hydrogens (primary N) is 2. The summed E-state index contributed by atoms with van der Waals surface area (Å²) in [6, 6.07) is 13.1. The van der Waals surface area contributed by atoms with Gasteiger partial charge >= 0.3 is 5.97 Å². The fraction of sp³-hybridized carbons (Fsp3) is 0.366. The van der Waals surface area contributed by atoms with Crippen LogP contribution in [0.1, 0.15) is 22.1 Å². The van der Waals surface area contributed by atoms with E-state index in [2.05, 4.69) is 84.9 Å². The summed E-state index contributed by atoms with van der Waals surface area (Å²) < 4.78 is 20.4. The Morgan fingerprint density at radius 3 is 1.74 bits per heavy atom. The zero-order valence-corrected chi connectivity index (χ0v) is 38.1. The molecule has 0 saturated heterocycles. The van der Waals surface area contributed by atoms with Gasteiger partial charge in [-0.25, -0.2) is 39.7 Å². The summed E-state index contributed by atoms with van der Waals surface area (Å²) >= 11 is 0. The number of nitrogen functional groups attached to an aromatic ring is 1. The summed E-state index contributed by atoms with van der Waals surface area (Å²) in [6.45, 7) is 20.2. The monoisotopic (exact) mass is 866 g/mol. The lowest BCUT2D eigenvalue weighted by atomic mass is 10.1. The third kappa shape index (κ3) is 12.0. The zero-order chi connectivity index (χ0) is 44.5. The molecule has 0 atom stereocenters. The minimum atomic E-state index is -1.13. The van der Waals surface area contributed by atoms with Crippen LogP contribution in [0.25, 0.3) is 55.9 Å². The Hall–Kier alpha value is -6.23. The summed E-state index contributed by atoms with van der Waals surface area (Å²) in [5.74, 6) is 1.11. The van der Waals surface area contributed by atoms with Crippen molar-refractivity contribution in [3.8, 4) is 22.5 Å². The van der Waals surface area contributed by atoms with Crippen molar-refractivity contribution in [2.45, 2.75) is 78.7 Å². The van der Waals surface area contributed by atoms with Gasteiger partial charge in [-0.3, -0.25) is 18.7 Å². The molecule has 7 aromatic rings. The highest BCUT2D eigenvalue weighted by Gasteiger charge is 2.18. The number of esters is 1. The molecule has 0 radical (unpaired) electrons. The number of primary amides is 1. The van der Waals surface area contributed by atoms with Crippen LogP contribution in [0.3, 0.4) is 0 Å². The fourth-order valence-electron chi connectivity index (χ4n) is 5.91. The van der Waals surface area contributed by atoms with E-state index >= 15 is 0 Å². The molecule has 0 spiro atoms. The number of methoxy groups -OCH3 is 1. The van der Waals surface area contributed by atoms with E-state index in [0.29, 0.717) is 35.9 Å². The average Bonchev–Trinajstić information content (AvgIpc) is 3.70. The summed E-state index contributed by atoms with van der Waals surface area (Å²) in [6.07, 6.45) is 5.09. The van der Waals surface area contributed by atoms with Crippen LogP contribution in [0, 0.1) is 13.8 Å². The van der Waals surface area contributed by atoms with E-state index in [1.807, 2.05) is 41.2 Å². The first-order valence-corrected chi connectivity index (χ1v) is 27.0. The van der Waals surface area contributed by atoms with Gasteiger partial charge in [-0.15, -0.1) is 0 Å². The molecule has 0 unspecified atom stereocenters. The van der Waals surface area contributed by atoms with Gasteiger partial charge in [0.1, 0.15) is 36.1 Å². The first-order valence-electron chi connectivity index (χ1n) is 19.6. The molecule has 1 amide bonds. The van der Waals surface area contributed by atoms with E-state index in [1.54, 1.807) is 30.6 Å². The average molecular weight is 867 g/mol. The lowest BCUT2D eigenvalue weighted by molar-refractivity contribution is -0.106. The number of aromatic nitrogens is 10. The number of pyridine rings is 4. The Morgan fingerprint density at radius 2 is 1.25 bits per heavy atom. The predicted octanol–water partition coefficient (Wildman–Crippen LogP) is 5.93. The molecule has 20 heteroatoms. The molecule has 0 saturated carbocycles. The standard InChI is InChI=1S/C20H24N6O2Si.C20H27N5O3Si.CH3NO/c1-13-24-17-9-14(15-5-6-16-18(25-15)20(27)23-11-22-16)10-21-19(17)26(13)12-28-7-8-29(2,3)4;1-13-23-17-10-14(16-7-6-15(21)18(24-16)20(26)27-2)11-22-19(17)25(13)12-28-8-9-29(3,4)5;2-1-3/h5-6,9-11H,7-8,12H2,1-4H3,(H,22,23,27);6-7,10-11H,8-9,12,21H2,1-5H3;1H,(H2,2,3). The Kier molecular flexibility index (Phi) is 15.0. The van der Waals surface area contributed by atoms with Crippen molar-refractivity contribution in [2.75, 3.05) is 26.1 Å². The number of rotatable bonds is 13. The van der Waals surface area contributed by atoms with E-state index in [9.17, 15) is 9.59 Å². The molecular formula is C41H54N12O6Si2. The second-order valence-corrected chi connectivity index (χ2v) is 27.8. The number of hydrogen-bond acceptors (Lipinski definition) is 14. The number of aromatic amines is 1. The lowest BCUT2D eigenvalue weighted by Crippen LogP contribution is -2.22. The van der Waals surface area contributed by atoms with Crippen molar-refractivity contribution in [3.05, 3.63) is 82.8 Å². The minimum absolute atomic E-state index is 0.0857. The summed E-state index contributed by atoms with van der Waals surface area (Å²) in [5.41, 5.74) is 16.8. The van der Waals surface area contributed by atoms with Crippen molar-refractivity contribution in [2.24, 2.45) is 5.73 Å². The van der Waals surface area contributed by atoms with E-state index < -0.39 is 22.1 Å². The van der Waals surface area contributed by atoms with Gasteiger partial charge in [-0.1, -0.05) is 39.3 Å². The maximum atomic E-state index is 12.0. The maximum absolute atomic E-state index is 12.0. The number of nitrogens with one attached hydrogen (secondary N) is 1. The largest absolute Gasteiger partial charge is 0.464 e. The first kappa shape index (κ1) is 45.9. The van der Waals surface area contributed by atoms with Crippen molar-refractivity contribution in [3.63, 3.8) is 0 Å². The Labute approximate surface area is 355 Å². The first-order chi connectivity index (χ1) is 28.9. The van der Waals surface area contributed by atoms with Gasteiger partial charge in [0.25, 0.3) is 5.56 Å². The number of aryl methyl sites for hydroxylation is 2. The number of nitrogens with zero attached hydrogens (tertiary/aromatic N) is 9. The quantitative estimate of drug-likeness (QED) is 0.0526. The maximum Gasteiger partial charge on any atom is 0.358 e. The number of fused-ring (bicyclic) bond motifs is 3. The van der Waals surface area contributed by atoms with Crippen molar-refractivity contribution >= 4 is 67.6 Å². The number of hydrogen-bond donors (Lipinski definition) is 3. The van der Waals surface area contributed by atoms with E-state index in [0.717, 1.165) is 70.4 Å². The third-order valence-electron chi connectivity index (χ3n) is 9.37. The van der Waals surface area contributed by atoms with Gasteiger partial charge < -0.3 is 30.7 Å². The summed E-state index contributed by atoms with van der Waals surface area (Å²) in [7, 11) is -0.946. The normalized spacial score (nSPS) is 11.6. The van der Waals surface area contributed by atoms with Gasteiger partial charge in [0.05, 0.1) is 36.0 Å². The lowest BCUT2D eigenvalue weighted by Gasteiger charge is -2.16. The van der Waals surface area contributed by atoms with E-state index in [4.69, 9.17) is 24.7 Å². The molecule has 7 aromatic heterocycles. The van der Waals surface area contributed by atoms with Gasteiger partial charge in [-0.2, -0.15) is 0 Å². The molecular weight excluding hydrogens is 813 g/mol. The molecule has 7 heterocycles. The van der Waals surface area contributed by atoms with Crippen LogP contribution in [0.2, 0.25) is 51.4 Å². The molecule has 18 nitrogen and oxygen atoms in total. The molecule has 0 fully saturated rings. The Morgan fingerprint density at radius 1 is 0.754 bits per heavy atom. The number of ether oxygens (including phenoxy) is 3. The van der Waals surface area contributed by atoms with Crippen molar-refractivity contribution < 1.29 is 23.8 Å². The highest BCUT2D eigenvalue weighted by Crippen LogP contribution is 2.25. The van der Waals surface area contributed by atoms with E-state index in [-0.39, 0.29) is 23.4 Å². The predicted molar refractivity (Wildman–Crippen MR) is 241 cm³/mol. The second-order valence-electron chi connectivity index (χ2n) is 16.6. The SMILES string of the molecule is COC(=O)c1nc(-c2cnc3c(c2)nc(C)n3COCC[Si](C)(C)C)ccc1N.Cc1nc2cc(-c3ccc4nc[nH]c(=O)c4n3)cnc2n1COCC[Si](C)(C)C.NC=O. The van der Waals surface area contributed by atoms with Crippen LogP contribution in [0.4, 0.5) is 5.69 Å². The molecule has 0 aliphatic heterocycles. The number of anilines is 1. The Balaban J connectivity index is 0.000000217. The fourth-order valence-corrected chi connectivity index (χ4v) is 7.42. The second kappa shape index (κ2) is 19.9. The topological polar surface area (TPSA) is 247 Å². The van der Waals surface area contributed by atoms with Crippen LogP contribution in [0.15, 0.2) is 59.9 Å². The van der Waals surface area contributed by atoms with Gasteiger partial charge in [0.2, 0.25) is 6.41 Å². The highest BCUT2D eigenvalue weighted by molar-refractivity contribution is 6.76. The van der Waals surface area contributed by atoms with Crippen LogP contribution >= 0.6 is 0 Å². The molecule has 0 aliphatic carbocycles. The van der Waals surface area contributed by atoms with Crippen molar-refractivity contribution in [1.29, 1.82) is 0 Å². The zero-order valence-electron chi connectivity index (χ0n) is 36.1. The number of amides is 1. The van der Waals surface area contributed by atoms with Gasteiger partial charge in [0, 0.05) is 52.9 Å². The Bertz CT molecular complexity index is 2700. The number of carbonyl (C=O) groups is 2. The molecule has 0 bridgehead atoms.